The Kier molecular flexibility index (Phi) is 5.39. The number of nitrogens with two attached hydrogens (primary N) is 1. The molecule has 0 unspecified atom stereocenters. The largest absolute Gasteiger partial charge is 0.366 e. The lowest BCUT2D eigenvalue weighted by molar-refractivity contribution is -0.132. The SMILES string of the molecule is NC(=O)c1ccc(CN(C(=O)CCc2ccc(Cl)cc2)C2CC2)cc1. The van der Waals surface area contributed by atoms with Gasteiger partial charge in [0.1, 0.15) is 0 Å². The molecule has 0 heterocycles. The zero-order valence-corrected chi connectivity index (χ0v) is 14.7. The molecule has 5 heteroatoms. The summed E-state index contributed by atoms with van der Waals surface area (Å²) in [5, 5.41) is 0.703. The molecule has 0 saturated heterocycles. The number of halogens is 1. The minimum atomic E-state index is -0.440. The summed E-state index contributed by atoms with van der Waals surface area (Å²) in [6.45, 7) is 0.573. The Morgan fingerprint density at radius 1 is 1.00 bits per heavy atom. The Hall–Kier alpha value is -2.33. The molecule has 1 aliphatic carbocycles. The first-order valence-corrected chi connectivity index (χ1v) is 8.83. The van der Waals surface area contributed by atoms with E-state index in [1.54, 1.807) is 12.1 Å². The van der Waals surface area contributed by atoms with Gasteiger partial charge in [-0.25, -0.2) is 0 Å². The molecule has 0 bridgehead atoms. The van der Waals surface area contributed by atoms with Crippen LogP contribution >= 0.6 is 11.6 Å². The molecule has 1 aliphatic rings. The van der Waals surface area contributed by atoms with Crippen molar-refractivity contribution in [3.63, 3.8) is 0 Å². The van der Waals surface area contributed by atoms with Crippen molar-refractivity contribution in [1.82, 2.24) is 4.90 Å². The zero-order chi connectivity index (χ0) is 17.8. The van der Waals surface area contributed by atoms with Crippen molar-refractivity contribution in [1.29, 1.82) is 0 Å². The first kappa shape index (κ1) is 17.5. The van der Waals surface area contributed by atoms with Crippen LogP contribution in [0.25, 0.3) is 0 Å². The lowest BCUT2D eigenvalue weighted by atomic mass is 10.1. The van der Waals surface area contributed by atoms with E-state index in [1.165, 1.54) is 0 Å². The molecule has 1 fully saturated rings. The van der Waals surface area contributed by atoms with Crippen LogP contribution in [0, 0.1) is 0 Å². The average molecular weight is 357 g/mol. The van der Waals surface area contributed by atoms with Gasteiger partial charge in [-0.05, 0) is 54.7 Å². The molecule has 0 radical (unpaired) electrons. The quantitative estimate of drug-likeness (QED) is 0.824. The number of hydrogen-bond acceptors (Lipinski definition) is 2. The summed E-state index contributed by atoms with van der Waals surface area (Å²) in [5.74, 6) is -0.277. The van der Waals surface area contributed by atoms with E-state index in [-0.39, 0.29) is 5.91 Å². The van der Waals surface area contributed by atoms with Gasteiger partial charge in [0.2, 0.25) is 11.8 Å². The number of amides is 2. The minimum absolute atomic E-state index is 0.163. The average Bonchev–Trinajstić information content (AvgIpc) is 3.44. The van der Waals surface area contributed by atoms with Gasteiger partial charge in [0.25, 0.3) is 0 Å². The summed E-state index contributed by atoms with van der Waals surface area (Å²) in [4.78, 5) is 25.8. The molecule has 1 saturated carbocycles. The second kappa shape index (κ2) is 7.70. The van der Waals surface area contributed by atoms with Crippen molar-refractivity contribution in [3.8, 4) is 0 Å². The second-order valence-corrected chi connectivity index (χ2v) is 6.88. The summed E-state index contributed by atoms with van der Waals surface area (Å²) in [6.07, 6.45) is 3.31. The third-order valence-corrected chi connectivity index (χ3v) is 4.69. The van der Waals surface area contributed by atoms with Crippen LogP contribution in [-0.2, 0) is 17.8 Å². The van der Waals surface area contributed by atoms with Crippen LogP contribution in [0.1, 0.15) is 40.7 Å². The van der Waals surface area contributed by atoms with Crippen molar-refractivity contribution < 1.29 is 9.59 Å². The fourth-order valence-corrected chi connectivity index (χ4v) is 2.95. The van der Waals surface area contributed by atoms with Gasteiger partial charge in [0, 0.05) is 29.6 Å². The topological polar surface area (TPSA) is 63.4 Å². The number of carbonyl (C=O) groups is 2. The third-order valence-electron chi connectivity index (χ3n) is 4.44. The molecule has 2 aromatic rings. The highest BCUT2D eigenvalue weighted by atomic mass is 35.5. The van der Waals surface area contributed by atoms with Crippen LogP contribution in [0.4, 0.5) is 0 Å². The lowest BCUT2D eigenvalue weighted by Gasteiger charge is -2.23. The minimum Gasteiger partial charge on any atom is -0.366 e. The molecule has 130 valence electrons. The Labute approximate surface area is 152 Å². The Morgan fingerprint density at radius 2 is 1.60 bits per heavy atom. The standard InChI is InChI=1S/C20H21ClN2O2/c21-17-8-3-14(4-9-17)5-12-19(24)23(18-10-11-18)13-15-1-6-16(7-2-15)20(22)25/h1-4,6-9,18H,5,10-13H2,(H2,22,25). The number of nitrogens with zero attached hydrogens (tertiary/aromatic N) is 1. The summed E-state index contributed by atoms with van der Waals surface area (Å²) in [5.41, 5.74) is 7.87. The van der Waals surface area contributed by atoms with Crippen molar-refractivity contribution >= 4 is 23.4 Å². The number of hydrogen-bond donors (Lipinski definition) is 1. The van der Waals surface area contributed by atoms with Crippen molar-refractivity contribution in [2.75, 3.05) is 0 Å². The van der Waals surface area contributed by atoms with Crippen molar-refractivity contribution in [2.45, 2.75) is 38.3 Å². The third kappa shape index (κ3) is 4.83. The highest BCUT2D eigenvalue weighted by Gasteiger charge is 2.32. The maximum atomic E-state index is 12.7. The summed E-state index contributed by atoms with van der Waals surface area (Å²) < 4.78 is 0. The van der Waals surface area contributed by atoms with Gasteiger partial charge in [0.15, 0.2) is 0 Å². The normalized spacial score (nSPS) is 13.5. The summed E-state index contributed by atoms with van der Waals surface area (Å²) in [7, 11) is 0. The van der Waals surface area contributed by atoms with E-state index in [4.69, 9.17) is 17.3 Å². The highest BCUT2D eigenvalue weighted by Crippen LogP contribution is 2.29. The van der Waals surface area contributed by atoms with E-state index in [1.807, 2.05) is 41.3 Å². The van der Waals surface area contributed by atoms with E-state index in [0.717, 1.165) is 24.0 Å². The van der Waals surface area contributed by atoms with Gasteiger partial charge in [0.05, 0.1) is 0 Å². The molecular weight excluding hydrogens is 336 g/mol. The molecule has 2 aromatic carbocycles. The molecule has 2 N–H and O–H groups in total. The van der Waals surface area contributed by atoms with Gasteiger partial charge in [-0.2, -0.15) is 0 Å². The number of carbonyl (C=O) groups excluding carboxylic acids is 2. The number of benzene rings is 2. The molecule has 0 aromatic heterocycles. The van der Waals surface area contributed by atoms with Crippen molar-refractivity contribution in [3.05, 3.63) is 70.2 Å². The van der Waals surface area contributed by atoms with E-state index in [9.17, 15) is 9.59 Å². The number of primary amides is 1. The zero-order valence-electron chi connectivity index (χ0n) is 14.0. The van der Waals surface area contributed by atoms with E-state index in [0.29, 0.717) is 36.0 Å². The Morgan fingerprint density at radius 3 is 2.16 bits per heavy atom. The molecule has 0 atom stereocenters. The van der Waals surface area contributed by atoms with Crippen LogP contribution in [0.2, 0.25) is 5.02 Å². The molecule has 4 nitrogen and oxygen atoms in total. The smallest absolute Gasteiger partial charge is 0.248 e. The predicted molar refractivity (Wildman–Crippen MR) is 98.3 cm³/mol. The predicted octanol–water partition coefficient (Wildman–Crippen LogP) is 3.56. The Bertz CT molecular complexity index is 752. The van der Waals surface area contributed by atoms with Gasteiger partial charge in [-0.3, -0.25) is 9.59 Å². The van der Waals surface area contributed by atoms with Crippen LogP contribution in [0.15, 0.2) is 48.5 Å². The molecule has 3 rings (SSSR count). The molecular formula is C20H21ClN2O2. The molecule has 0 spiro atoms. The molecule has 25 heavy (non-hydrogen) atoms. The fourth-order valence-electron chi connectivity index (χ4n) is 2.82. The maximum Gasteiger partial charge on any atom is 0.248 e. The molecule has 0 aliphatic heterocycles. The van der Waals surface area contributed by atoms with Crippen LogP contribution in [0.5, 0.6) is 0 Å². The summed E-state index contributed by atoms with van der Waals surface area (Å²) in [6, 6.07) is 15.1. The highest BCUT2D eigenvalue weighted by molar-refractivity contribution is 6.30. The van der Waals surface area contributed by atoms with Gasteiger partial charge in [-0.15, -0.1) is 0 Å². The van der Waals surface area contributed by atoms with Gasteiger partial charge < -0.3 is 10.6 Å². The van der Waals surface area contributed by atoms with E-state index in [2.05, 4.69) is 0 Å². The first-order chi connectivity index (χ1) is 12.0. The first-order valence-electron chi connectivity index (χ1n) is 8.45. The van der Waals surface area contributed by atoms with E-state index < -0.39 is 5.91 Å². The molecule has 2 amide bonds. The monoisotopic (exact) mass is 356 g/mol. The van der Waals surface area contributed by atoms with Crippen LogP contribution in [0.3, 0.4) is 0 Å². The van der Waals surface area contributed by atoms with Gasteiger partial charge >= 0.3 is 0 Å². The van der Waals surface area contributed by atoms with E-state index >= 15 is 0 Å². The number of rotatable bonds is 7. The Balaban J connectivity index is 1.61. The second-order valence-electron chi connectivity index (χ2n) is 6.44. The van der Waals surface area contributed by atoms with Crippen LogP contribution < -0.4 is 5.73 Å². The number of aryl methyl sites for hydroxylation is 1. The lowest BCUT2D eigenvalue weighted by Crippen LogP contribution is -2.32. The van der Waals surface area contributed by atoms with Crippen molar-refractivity contribution in [2.24, 2.45) is 5.73 Å². The van der Waals surface area contributed by atoms with Crippen LogP contribution in [-0.4, -0.2) is 22.8 Å². The summed E-state index contributed by atoms with van der Waals surface area (Å²) >= 11 is 5.89. The fraction of sp³-hybridized carbons (Fsp3) is 0.300. The maximum absolute atomic E-state index is 12.7. The van der Waals surface area contributed by atoms with Gasteiger partial charge in [-0.1, -0.05) is 35.9 Å².